The highest BCUT2D eigenvalue weighted by atomic mass is 16.2. The van der Waals surface area contributed by atoms with Crippen LogP contribution in [0, 0.1) is 0 Å². The van der Waals surface area contributed by atoms with Crippen LogP contribution in [0.15, 0.2) is 78.9 Å². The van der Waals surface area contributed by atoms with Crippen LogP contribution in [0.5, 0.6) is 0 Å². The second kappa shape index (κ2) is 11.1. The molecule has 0 bridgehead atoms. The van der Waals surface area contributed by atoms with E-state index in [9.17, 15) is 9.59 Å². The molecule has 0 saturated carbocycles. The van der Waals surface area contributed by atoms with Gasteiger partial charge in [-0.2, -0.15) is 0 Å². The fourth-order valence-electron chi connectivity index (χ4n) is 3.39. The normalized spacial score (nSPS) is 10.7. The lowest BCUT2D eigenvalue weighted by Crippen LogP contribution is -2.37. The fourth-order valence-corrected chi connectivity index (χ4v) is 3.39. The van der Waals surface area contributed by atoms with Crippen molar-refractivity contribution in [2.75, 3.05) is 20.6 Å². The fraction of sp³-hybridized carbons (Fsp3) is 0.231. The van der Waals surface area contributed by atoms with E-state index in [0.29, 0.717) is 6.54 Å². The average Bonchev–Trinajstić information content (AvgIpc) is 2.77. The Balaban J connectivity index is 1.53. The molecule has 0 aliphatic rings. The largest absolute Gasteiger partial charge is 0.350 e. The molecular formula is C26H29N3O2. The second-order valence-corrected chi connectivity index (χ2v) is 7.81. The summed E-state index contributed by atoms with van der Waals surface area (Å²) in [5, 5.41) is 5.59. The maximum Gasteiger partial charge on any atom is 0.239 e. The minimum atomic E-state index is -0.211. The summed E-state index contributed by atoms with van der Waals surface area (Å²) >= 11 is 0. The molecule has 3 rings (SSSR count). The van der Waals surface area contributed by atoms with Gasteiger partial charge >= 0.3 is 0 Å². The number of nitrogens with zero attached hydrogens (tertiary/aromatic N) is 1. The van der Waals surface area contributed by atoms with Crippen LogP contribution < -0.4 is 10.6 Å². The van der Waals surface area contributed by atoms with E-state index in [4.69, 9.17) is 0 Å². The Labute approximate surface area is 184 Å². The minimum absolute atomic E-state index is 0.0347. The van der Waals surface area contributed by atoms with Crippen molar-refractivity contribution in [3.05, 3.63) is 95.6 Å². The van der Waals surface area contributed by atoms with Crippen molar-refractivity contribution in [3.63, 3.8) is 0 Å². The maximum absolute atomic E-state index is 12.2. The SMILES string of the molecule is CN(C)Cc1ccc(-c2ccccc2CNC(=O)CNC(=O)Cc2ccccc2)cc1. The molecule has 160 valence electrons. The van der Waals surface area contributed by atoms with Crippen LogP contribution >= 0.6 is 0 Å². The summed E-state index contributed by atoms with van der Waals surface area (Å²) in [7, 11) is 4.10. The number of benzene rings is 3. The van der Waals surface area contributed by atoms with Crippen molar-refractivity contribution in [2.24, 2.45) is 0 Å². The van der Waals surface area contributed by atoms with Gasteiger partial charge in [0, 0.05) is 13.1 Å². The van der Waals surface area contributed by atoms with Crippen LogP contribution in [-0.2, 0) is 29.1 Å². The van der Waals surface area contributed by atoms with Crippen molar-refractivity contribution in [2.45, 2.75) is 19.5 Å². The van der Waals surface area contributed by atoms with E-state index in [1.807, 2.05) is 48.5 Å². The van der Waals surface area contributed by atoms with E-state index < -0.39 is 0 Å². The van der Waals surface area contributed by atoms with Crippen molar-refractivity contribution in [1.29, 1.82) is 0 Å². The molecule has 31 heavy (non-hydrogen) atoms. The molecule has 3 aromatic rings. The lowest BCUT2D eigenvalue weighted by molar-refractivity contribution is -0.125. The molecule has 0 aliphatic carbocycles. The van der Waals surface area contributed by atoms with Crippen LogP contribution in [0.3, 0.4) is 0 Å². The Bertz CT molecular complexity index is 999. The number of rotatable bonds is 9. The molecule has 5 heteroatoms. The molecule has 0 spiro atoms. The highest BCUT2D eigenvalue weighted by Crippen LogP contribution is 2.24. The molecule has 0 unspecified atom stereocenters. The van der Waals surface area contributed by atoms with Crippen LogP contribution in [0.1, 0.15) is 16.7 Å². The van der Waals surface area contributed by atoms with Crippen molar-refractivity contribution < 1.29 is 9.59 Å². The summed E-state index contributed by atoms with van der Waals surface area (Å²) in [6.07, 6.45) is 0.265. The Morgan fingerprint density at radius 3 is 2.13 bits per heavy atom. The molecule has 0 aromatic heterocycles. The highest BCUT2D eigenvalue weighted by molar-refractivity contribution is 5.85. The minimum Gasteiger partial charge on any atom is -0.350 e. The summed E-state index contributed by atoms with van der Waals surface area (Å²) in [4.78, 5) is 26.4. The molecule has 0 radical (unpaired) electrons. The Kier molecular flexibility index (Phi) is 7.96. The summed E-state index contributed by atoms with van der Waals surface area (Å²) in [6.45, 7) is 1.27. The summed E-state index contributed by atoms with van der Waals surface area (Å²) in [5.41, 5.74) is 5.42. The number of hydrogen-bond donors (Lipinski definition) is 2. The molecule has 0 aliphatic heterocycles. The molecule has 0 atom stereocenters. The Morgan fingerprint density at radius 2 is 1.42 bits per heavy atom. The summed E-state index contributed by atoms with van der Waals surface area (Å²) in [6, 6.07) is 26.0. The third-order valence-corrected chi connectivity index (χ3v) is 4.91. The third-order valence-electron chi connectivity index (χ3n) is 4.91. The van der Waals surface area contributed by atoms with Crippen molar-refractivity contribution in [1.82, 2.24) is 15.5 Å². The van der Waals surface area contributed by atoms with Gasteiger partial charge in [-0.3, -0.25) is 9.59 Å². The standard InChI is InChI=1S/C26H29N3O2/c1-29(2)19-21-12-14-22(15-13-21)24-11-7-6-10-23(24)17-27-26(31)18-28-25(30)16-20-8-4-3-5-9-20/h3-15H,16-19H2,1-2H3,(H,27,31)(H,28,30). The number of amides is 2. The first-order valence-corrected chi connectivity index (χ1v) is 10.4. The number of carbonyl (C=O) groups excluding carboxylic acids is 2. The van der Waals surface area contributed by atoms with Crippen LogP contribution in [0.25, 0.3) is 11.1 Å². The van der Waals surface area contributed by atoms with Crippen LogP contribution in [0.4, 0.5) is 0 Å². The number of hydrogen-bond acceptors (Lipinski definition) is 3. The predicted molar refractivity (Wildman–Crippen MR) is 124 cm³/mol. The van der Waals surface area contributed by atoms with Gasteiger partial charge in [-0.25, -0.2) is 0 Å². The zero-order valence-corrected chi connectivity index (χ0v) is 18.1. The Morgan fingerprint density at radius 1 is 0.742 bits per heavy atom. The van der Waals surface area contributed by atoms with E-state index in [0.717, 1.165) is 28.8 Å². The predicted octanol–water partition coefficient (Wildman–Crippen LogP) is 3.39. The van der Waals surface area contributed by atoms with Crippen LogP contribution in [0.2, 0.25) is 0 Å². The van der Waals surface area contributed by atoms with Gasteiger partial charge in [-0.1, -0.05) is 78.9 Å². The number of carbonyl (C=O) groups is 2. The first-order chi connectivity index (χ1) is 15.0. The van der Waals surface area contributed by atoms with E-state index >= 15 is 0 Å². The van der Waals surface area contributed by atoms with E-state index in [1.165, 1.54) is 5.56 Å². The second-order valence-electron chi connectivity index (χ2n) is 7.81. The molecular weight excluding hydrogens is 386 g/mol. The van der Waals surface area contributed by atoms with Crippen molar-refractivity contribution in [3.8, 4) is 11.1 Å². The molecule has 2 N–H and O–H groups in total. The van der Waals surface area contributed by atoms with Gasteiger partial charge in [0.15, 0.2) is 0 Å². The highest BCUT2D eigenvalue weighted by Gasteiger charge is 2.09. The average molecular weight is 416 g/mol. The smallest absolute Gasteiger partial charge is 0.239 e. The topological polar surface area (TPSA) is 61.4 Å². The zero-order chi connectivity index (χ0) is 22.1. The van der Waals surface area contributed by atoms with Gasteiger partial charge in [-0.15, -0.1) is 0 Å². The third kappa shape index (κ3) is 7.08. The lowest BCUT2D eigenvalue weighted by Gasteiger charge is -2.13. The van der Waals surface area contributed by atoms with Gasteiger partial charge in [0.1, 0.15) is 0 Å². The van der Waals surface area contributed by atoms with Crippen LogP contribution in [-0.4, -0.2) is 37.4 Å². The quantitative estimate of drug-likeness (QED) is 0.563. The van der Waals surface area contributed by atoms with Crippen molar-refractivity contribution >= 4 is 11.8 Å². The maximum atomic E-state index is 12.2. The molecule has 0 fully saturated rings. The van der Waals surface area contributed by atoms with Gasteiger partial charge in [0.25, 0.3) is 0 Å². The summed E-state index contributed by atoms with van der Waals surface area (Å²) < 4.78 is 0. The monoisotopic (exact) mass is 415 g/mol. The van der Waals surface area contributed by atoms with E-state index in [-0.39, 0.29) is 24.8 Å². The Hall–Kier alpha value is -3.44. The first kappa shape index (κ1) is 22.2. The molecule has 3 aromatic carbocycles. The lowest BCUT2D eigenvalue weighted by atomic mass is 9.98. The van der Waals surface area contributed by atoms with Gasteiger partial charge in [0.2, 0.25) is 11.8 Å². The molecule has 5 nitrogen and oxygen atoms in total. The number of nitrogens with one attached hydrogen (secondary N) is 2. The molecule has 0 heterocycles. The van der Waals surface area contributed by atoms with Gasteiger partial charge in [-0.05, 0) is 41.9 Å². The molecule has 0 saturated heterocycles. The zero-order valence-electron chi connectivity index (χ0n) is 18.1. The van der Waals surface area contributed by atoms with E-state index in [2.05, 4.69) is 60.0 Å². The summed E-state index contributed by atoms with van der Waals surface area (Å²) in [5.74, 6) is -0.378. The molecule has 2 amide bonds. The van der Waals surface area contributed by atoms with Gasteiger partial charge < -0.3 is 15.5 Å². The van der Waals surface area contributed by atoms with E-state index in [1.54, 1.807) is 0 Å². The van der Waals surface area contributed by atoms with Gasteiger partial charge in [0.05, 0.1) is 13.0 Å². The first-order valence-electron chi connectivity index (χ1n) is 10.4.